The SMILES string of the molecule is ONc1ccc(-c2cnc(Cc3ccc4c(c3)OCO4)o2)cc1. The van der Waals surface area contributed by atoms with E-state index in [4.69, 9.17) is 19.1 Å². The van der Waals surface area contributed by atoms with Gasteiger partial charge in [-0.2, -0.15) is 0 Å². The molecule has 0 unspecified atom stereocenters. The average Bonchev–Trinajstić information content (AvgIpc) is 3.24. The minimum absolute atomic E-state index is 0.265. The van der Waals surface area contributed by atoms with Gasteiger partial charge in [-0.25, -0.2) is 4.98 Å². The Morgan fingerprint density at radius 3 is 2.70 bits per heavy atom. The fraction of sp³-hybridized carbons (Fsp3) is 0.118. The van der Waals surface area contributed by atoms with Crippen LogP contribution in [0.25, 0.3) is 11.3 Å². The number of nitrogens with zero attached hydrogens (tertiary/aromatic N) is 1. The highest BCUT2D eigenvalue weighted by Crippen LogP contribution is 2.33. The van der Waals surface area contributed by atoms with Crippen molar-refractivity contribution in [3.05, 3.63) is 60.1 Å². The van der Waals surface area contributed by atoms with Crippen molar-refractivity contribution in [2.24, 2.45) is 0 Å². The first-order valence-corrected chi connectivity index (χ1v) is 7.15. The summed E-state index contributed by atoms with van der Waals surface area (Å²) in [5.74, 6) is 2.83. The van der Waals surface area contributed by atoms with E-state index in [2.05, 4.69) is 10.5 Å². The van der Waals surface area contributed by atoms with Crippen molar-refractivity contribution in [3.8, 4) is 22.8 Å². The lowest BCUT2D eigenvalue weighted by Gasteiger charge is -2.01. The number of fused-ring (bicyclic) bond motifs is 1. The third kappa shape index (κ3) is 2.72. The molecule has 0 saturated carbocycles. The van der Waals surface area contributed by atoms with E-state index in [9.17, 15) is 0 Å². The minimum atomic E-state index is 0.265. The molecule has 0 aliphatic carbocycles. The summed E-state index contributed by atoms with van der Waals surface area (Å²) in [6, 6.07) is 13.0. The zero-order valence-corrected chi connectivity index (χ0v) is 12.2. The molecule has 3 aromatic rings. The molecule has 4 rings (SSSR count). The molecule has 1 aliphatic rings. The third-order valence-corrected chi connectivity index (χ3v) is 3.64. The Morgan fingerprint density at radius 2 is 1.87 bits per heavy atom. The van der Waals surface area contributed by atoms with Crippen LogP contribution in [-0.2, 0) is 6.42 Å². The van der Waals surface area contributed by atoms with Crippen molar-refractivity contribution in [2.75, 3.05) is 12.3 Å². The van der Waals surface area contributed by atoms with E-state index >= 15 is 0 Å². The molecule has 23 heavy (non-hydrogen) atoms. The zero-order valence-electron chi connectivity index (χ0n) is 12.2. The molecule has 0 spiro atoms. The van der Waals surface area contributed by atoms with Gasteiger partial charge in [-0.05, 0) is 42.0 Å². The van der Waals surface area contributed by atoms with Crippen LogP contribution in [0, 0.1) is 0 Å². The summed E-state index contributed by atoms with van der Waals surface area (Å²) >= 11 is 0. The molecule has 2 N–H and O–H groups in total. The van der Waals surface area contributed by atoms with Gasteiger partial charge in [0.2, 0.25) is 6.79 Å². The van der Waals surface area contributed by atoms with Crippen molar-refractivity contribution in [3.63, 3.8) is 0 Å². The van der Waals surface area contributed by atoms with Gasteiger partial charge in [0.25, 0.3) is 0 Å². The molecule has 6 heteroatoms. The van der Waals surface area contributed by atoms with Crippen LogP contribution in [-0.4, -0.2) is 17.0 Å². The van der Waals surface area contributed by atoms with E-state index in [1.54, 1.807) is 18.3 Å². The quantitative estimate of drug-likeness (QED) is 0.719. The second kappa shape index (κ2) is 5.66. The van der Waals surface area contributed by atoms with Gasteiger partial charge in [-0.1, -0.05) is 6.07 Å². The van der Waals surface area contributed by atoms with Crippen LogP contribution in [0.15, 0.2) is 53.1 Å². The number of benzene rings is 2. The van der Waals surface area contributed by atoms with Crippen LogP contribution in [0.2, 0.25) is 0 Å². The number of hydrogen-bond acceptors (Lipinski definition) is 6. The van der Waals surface area contributed by atoms with Crippen molar-refractivity contribution < 1.29 is 19.1 Å². The lowest BCUT2D eigenvalue weighted by molar-refractivity contribution is 0.174. The Labute approximate surface area is 132 Å². The highest BCUT2D eigenvalue weighted by atomic mass is 16.7. The number of aromatic nitrogens is 1. The van der Waals surface area contributed by atoms with Crippen LogP contribution in [0.3, 0.4) is 0 Å². The van der Waals surface area contributed by atoms with E-state index in [-0.39, 0.29) is 6.79 Å². The molecule has 0 amide bonds. The number of hydrogen-bond donors (Lipinski definition) is 2. The number of anilines is 1. The smallest absolute Gasteiger partial charge is 0.231 e. The fourth-order valence-electron chi connectivity index (χ4n) is 2.46. The lowest BCUT2D eigenvalue weighted by Crippen LogP contribution is -1.93. The Balaban J connectivity index is 1.53. The fourth-order valence-corrected chi connectivity index (χ4v) is 2.46. The van der Waals surface area contributed by atoms with Crippen LogP contribution in [0.5, 0.6) is 11.5 Å². The van der Waals surface area contributed by atoms with Gasteiger partial charge in [0, 0.05) is 12.0 Å². The molecule has 0 fully saturated rings. The summed E-state index contributed by atoms with van der Waals surface area (Å²) in [7, 11) is 0. The van der Waals surface area contributed by atoms with Crippen LogP contribution >= 0.6 is 0 Å². The first-order valence-electron chi connectivity index (χ1n) is 7.15. The topological polar surface area (TPSA) is 76.8 Å². The third-order valence-electron chi connectivity index (χ3n) is 3.64. The van der Waals surface area contributed by atoms with Gasteiger partial charge in [-0.15, -0.1) is 0 Å². The molecular formula is C17H14N2O4. The van der Waals surface area contributed by atoms with Crippen LogP contribution in [0.1, 0.15) is 11.5 Å². The van der Waals surface area contributed by atoms with E-state index < -0.39 is 0 Å². The molecule has 0 saturated heterocycles. The first kappa shape index (κ1) is 13.7. The zero-order chi connectivity index (χ0) is 15.6. The molecule has 1 aromatic heterocycles. The predicted octanol–water partition coefficient (Wildman–Crippen LogP) is 3.46. The van der Waals surface area contributed by atoms with Crippen molar-refractivity contribution in [1.29, 1.82) is 0 Å². The molecule has 0 radical (unpaired) electrons. The van der Waals surface area contributed by atoms with Crippen molar-refractivity contribution in [2.45, 2.75) is 6.42 Å². The Hall–Kier alpha value is -2.99. The summed E-state index contributed by atoms with van der Waals surface area (Å²) in [5.41, 5.74) is 4.66. The van der Waals surface area contributed by atoms with Crippen LogP contribution in [0.4, 0.5) is 5.69 Å². The Bertz CT molecular complexity index is 827. The van der Waals surface area contributed by atoms with Crippen molar-refractivity contribution >= 4 is 5.69 Å². The molecule has 2 heterocycles. The Morgan fingerprint density at radius 1 is 1.04 bits per heavy atom. The monoisotopic (exact) mass is 310 g/mol. The predicted molar refractivity (Wildman–Crippen MR) is 82.7 cm³/mol. The average molecular weight is 310 g/mol. The van der Waals surface area contributed by atoms with E-state index in [0.717, 1.165) is 22.6 Å². The van der Waals surface area contributed by atoms with E-state index in [0.29, 0.717) is 23.8 Å². The van der Waals surface area contributed by atoms with Gasteiger partial charge in [-0.3, -0.25) is 10.7 Å². The molecular weight excluding hydrogens is 296 g/mol. The summed E-state index contributed by atoms with van der Waals surface area (Å²) < 4.78 is 16.5. The number of rotatable bonds is 4. The van der Waals surface area contributed by atoms with Gasteiger partial charge >= 0.3 is 0 Å². The largest absolute Gasteiger partial charge is 0.454 e. The number of oxazole rings is 1. The van der Waals surface area contributed by atoms with Gasteiger partial charge in [0.15, 0.2) is 23.1 Å². The number of nitrogens with one attached hydrogen (secondary N) is 1. The molecule has 2 aromatic carbocycles. The molecule has 116 valence electrons. The molecule has 0 bridgehead atoms. The molecule has 6 nitrogen and oxygen atoms in total. The van der Waals surface area contributed by atoms with Gasteiger partial charge in [0.1, 0.15) is 0 Å². The Kier molecular flexibility index (Phi) is 3.36. The summed E-state index contributed by atoms with van der Waals surface area (Å²) in [6.07, 6.45) is 2.27. The van der Waals surface area contributed by atoms with E-state index in [1.807, 2.05) is 30.3 Å². The van der Waals surface area contributed by atoms with E-state index in [1.165, 1.54) is 0 Å². The van der Waals surface area contributed by atoms with Crippen molar-refractivity contribution in [1.82, 2.24) is 4.98 Å². The second-order valence-corrected chi connectivity index (χ2v) is 5.17. The summed E-state index contributed by atoms with van der Waals surface area (Å²) in [6.45, 7) is 0.265. The van der Waals surface area contributed by atoms with Gasteiger partial charge in [0.05, 0.1) is 11.9 Å². The normalized spacial score (nSPS) is 12.4. The minimum Gasteiger partial charge on any atom is -0.454 e. The number of ether oxygens (including phenoxy) is 2. The lowest BCUT2D eigenvalue weighted by atomic mass is 10.1. The standard InChI is InChI=1S/C17H14N2O4/c20-19-13-4-2-12(3-5-13)16-9-18-17(23-16)8-11-1-6-14-15(7-11)22-10-21-14/h1-7,9,19-20H,8,10H2. The maximum atomic E-state index is 8.83. The summed E-state index contributed by atoms with van der Waals surface area (Å²) in [5, 5.41) is 8.83. The highest BCUT2D eigenvalue weighted by molar-refractivity contribution is 5.60. The second-order valence-electron chi connectivity index (χ2n) is 5.17. The molecule has 1 aliphatic heterocycles. The maximum Gasteiger partial charge on any atom is 0.231 e. The molecule has 0 atom stereocenters. The first-order chi connectivity index (χ1) is 11.3. The highest BCUT2D eigenvalue weighted by Gasteiger charge is 2.14. The van der Waals surface area contributed by atoms with Crippen LogP contribution < -0.4 is 15.0 Å². The summed E-state index contributed by atoms with van der Waals surface area (Å²) in [4.78, 5) is 4.32. The maximum absolute atomic E-state index is 8.83. The van der Waals surface area contributed by atoms with Gasteiger partial charge < -0.3 is 13.9 Å².